The van der Waals surface area contributed by atoms with Gasteiger partial charge in [0.2, 0.25) is 0 Å². The minimum absolute atomic E-state index is 0.0291. The molecule has 1 amide bonds. The van der Waals surface area contributed by atoms with Crippen molar-refractivity contribution in [3.05, 3.63) is 65.9 Å². The fourth-order valence-corrected chi connectivity index (χ4v) is 3.76. The van der Waals surface area contributed by atoms with Crippen molar-refractivity contribution in [3.63, 3.8) is 0 Å². The zero-order valence-corrected chi connectivity index (χ0v) is 17.8. The number of likely N-dealkylation sites (N-methyl/N-ethyl adjacent to an activating group) is 1. The van der Waals surface area contributed by atoms with E-state index in [1.807, 2.05) is 59.6 Å². The highest BCUT2D eigenvalue weighted by Crippen LogP contribution is 2.28. The summed E-state index contributed by atoms with van der Waals surface area (Å²) in [4.78, 5) is 17.7. The Kier molecular flexibility index (Phi) is 5.86. The lowest BCUT2D eigenvalue weighted by atomic mass is 10.1. The zero-order chi connectivity index (χ0) is 21.1. The van der Waals surface area contributed by atoms with Gasteiger partial charge in [-0.25, -0.2) is 4.68 Å². The Balaban J connectivity index is 1.76. The van der Waals surface area contributed by atoms with Gasteiger partial charge in [0.15, 0.2) is 0 Å². The van der Waals surface area contributed by atoms with Crippen LogP contribution in [0.3, 0.4) is 0 Å². The summed E-state index contributed by atoms with van der Waals surface area (Å²) in [5.41, 5.74) is 4.28. The normalized spacial score (nSPS) is 15.1. The topological polar surface area (TPSA) is 50.6 Å². The Labute approximate surface area is 177 Å². The maximum Gasteiger partial charge on any atom is 0.257 e. The van der Waals surface area contributed by atoms with Crippen LogP contribution in [0.2, 0.25) is 0 Å². The summed E-state index contributed by atoms with van der Waals surface area (Å²) in [6.07, 6.45) is 2.83. The Morgan fingerprint density at radius 1 is 1.03 bits per heavy atom. The standard InChI is InChI=1S/C24H28N4O2/c1-18-8-10-20(11-9-18)28-17-22(24(29)27-13-5-12-26(2)14-15-27)23(25-28)19-6-4-7-21(16-19)30-3/h4,6-11,16-17H,5,12-15H2,1-3H3. The molecular formula is C24H28N4O2. The van der Waals surface area contributed by atoms with E-state index in [2.05, 4.69) is 18.9 Å². The van der Waals surface area contributed by atoms with Crippen LogP contribution in [0.25, 0.3) is 16.9 Å². The first-order chi connectivity index (χ1) is 14.5. The SMILES string of the molecule is COc1cccc(-c2nn(-c3ccc(C)cc3)cc2C(=O)N2CCCN(C)CC2)c1. The van der Waals surface area contributed by atoms with Crippen molar-refractivity contribution in [2.24, 2.45) is 0 Å². The second-order valence-corrected chi connectivity index (χ2v) is 7.85. The molecule has 1 aliphatic heterocycles. The third-order valence-corrected chi connectivity index (χ3v) is 5.59. The van der Waals surface area contributed by atoms with Crippen molar-refractivity contribution in [1.29, 1.82) is 0 Å². The first-order valence-electron chi connectivity index (χ1n) is 10.3. The monoisotopic (exact) mass is 404 g/mol. The Morgan fingerprint density at radius 3 is 2.60 bits per heavy atom. The number of ether oxygens (including phenoxy) is 1. The van der Waals surface area contributed by atoms with Crippen molar-refractivity contribution >= 4 is 5.91 Å². The largest absolute Gasteiger partial charge is 0.497 e. The maximum absolute atomic E-state index is 13.5. The van der Waals surface area contributed by atoms with E-state index in [1.54, 1.807) is 11.8 Å². The van der Waals surface area contributed by atoms with Gasteiger partial charge < -0.3 is 14.5 Å². The van der Waals surface area contributed by atoms with Gasteiger partial charge in [0, 0.05) is 31.4 Å². The molecule has 156 valence electrons. The van der Waals surface area contributed by atoms with Crippen LogP contribution in [0.1, 0.15) is 22.3 Å². The smallest absolute Gasteiger partial charge is 0.257 e. The van der Waals surface area contributed by atoms with Gasteiger partial charge in [0.05, 0.1) is 18.4 Å². The van der Waals surface area contributed by atoms with Gasteiger partial charge in [0.1, 0.15) is 11.4 Å². The predicted octanol–water partition coefficient (Wildman–Crippen LogP) is 3.63. The third kappa shape index (κ3) is 4.24. The van der Waals surface area contributed by atoms with Gasteiger partial charge in [-0.1, -0.05) is 29.8 Å². The molecule has 0 aliphatic carbocycles. The molecule has 0 saturated carbocycles. The molecule has 4 rings (SSSR count). The number of hydrogen-bond acceptors (Lipinski definition) is 4. The van der Waals surface area contributed by atoms with E-state index in [0.717, 1.165) is 49.6 Å². The second-order valence-electron chi connectivity index (χ2n) is 7.85. The van der Waals surface area contributed by atoms with Gasteiger partial charge in [-0.15, -0.1) is 0 Å². The van der Waals surface area contributed by atoms with Gasteiger partial charge in [-0.2, -0.15) is 5.10 Å². The molecule has 0 atom stereocenters. The number of benzene rings is 2. The summed E-state index contributed by atoms with van der Waals surface area (Å²) in [5.74, 6) is 0.772. The summed E-state index contributed by atoms with van der Waals surface area (Å²) in [6.45, 7) is 5.43. The third-order valence-electron chi connectivity index (χ3n) is 5.59. The highest BCUT2D eigenvalue weighted by Gasteiger charge is 2.25. The van der Waals surface area contributed by atoms with E-state index in [0.29, 0.717) is 11.3 Å². The molecule has 6 nitrogen and oxygen atoms in total. The number of hydrogen-bond donors (Lipinski definition) is 0. The van der Waals surface area contributed by atoms with Crippen LogP contribution in [-0.2, 0) is 0 Å². The zero-order valence-electron chi connectivity index (χ0n) is 17.8. The summed E-state index contributed by atoms with van der Waals surface area (Å²) < 4.78 is 7.19. The molecule has 0 spiro atoms. The minimum Gasteiger partial charge on any atom is -0.497 e. The van der Waals surface area contributed by atoms with Crippen molar-refractivity contribution in [2.45, 2.75) is 13.3 Å². The van der Waals surface area contributed by atoms with Crippen LogP contribution in [0.15, 0.2) is 54.7 Å². The minimum atomic E-state index is 0.0291. The molecule has 3 aromatic rings. The predicted molar refractivity (Wildman–Crippen MR) is 118 cm³/mol. The van der Waals surface area contributed by atoms with Crippen LogP contribution in [0, 0.1) is 6.92 Å². The van der Waals surface area contributed by atoms with E-state index >= 15 is 0 Å². The van der Waals surface area contributed by atoms with E-state index in [-0.39, 0.29) is 5.91 Å². The Morgan fingerprint density at radius 2 is 1.83 bits per heavy atom. The quantitative estimate of drug-likeness (QED) is 0.666. The molecular weight excluding hydrogens is 376 g/mol. The lowest BCUT2D eigenvalue weighted by molar-refractivity contribution is 0.0763. The summed E-state index contributed by atoms with van der Waals surface area (Å²) in [7, 11) is 3.74. The lowest BCUT2D eigenvalue weighted by Gasteiger charge is -2.20. The van der Waals surface area contributed by atoms with Crippen LogP contribution in [-0.4, -0.2) is 65.8 Å². The number of aromatic nitrogens is 2. The van der Waals surface area contributed by atoms with Crippen molar-refractivity contribution in [1.82, 2.24) is 19.6 Å². The van der Waals surface area contributed by atoms with E-state index in [1.165, 1.54) is 5.56 Å². The van der Waals surface area contributed by atoms with Crippen molar-refractivity contribution in [2.75, 3.05) is 40.3 Å². The second kappa shape index (κ2) is 8.71. The molecule has 2 aromatic carbocycles. The molecule has 0 unspecified atom stereocenters. The van der Waals surface area contributed by atoms with Gasteiger partial charge >= 0.3 is 0 Å². The average Bonchev–Trinajstić information content (AvgIpc) is 3.10. The molecule has 6 heteroatoms. The molecule has 2 heterocycles. The van der Waals surface area contributed by atoms with E-state index in [9.17, 15) is 4.79 Å². The number of carbonyl (C=O) groups excluding carboxylic acids is 1. The first kappa shape index (κ1) is 20.2. The van der Waals surface area contributed by atoms with Gasteiger partial charge in [-0.3, -0.25) is 4.79 Å². The molecule has 0 radical (unpaired) electrons. The summed E-state index contributed by atoms with van der Waals surface area (Å²) in [5, 5.41) is 4.81. The first-order valence-corrected chi connectivity index (χ1v) is 10.3. The fourth-order valence-electron chi connectivity index (χ4n) is 3.76. The Hall–Kier alpha value is -3.12. The van der Waals surface area contributed by atoms with Crippen LogP contribution in [0.4, 0.5) is 0 Å². The number of nitrogens with zero attached hydrogens (tertiary/aromatic N) is 4. The molecule has 30 heavy (non-hydrogen) atoms. The molecule has 1 fully saturated rings. The van der Waals surface area contributed by atoms with E-state index in [4.69, 9.17) is 9.84 Å². The molecule has 1 aromatic heterocycles. The number of amides is 1. The fraction of sp³-hybridized carbons (Fsp3) is 0.333. The number of aryl methyl sites for hydroxylation is 1. The maximum atomic E-state index is 13.5. The summed E-state index contributed by atoms with van der Waals surface area (Å²) >= 11 is 0. The molecule has 0 bridgehead atoms. The molecule has 0 N–H and O–H groups in total. The average molecular weight is 405 g/mol. The van der Waals surface area contributed by atoms with Gasteiger partial charge in [0.25, 0.3) is 5.91 Å². The van der Waals surface area contributed by atoms with Crippen LogP contribution in [0.5, 0.6) is 5.75 Å². The lowest BCUT2D eigenvalue weighted by Crippen LogP contribution is -2.34. The van der Waals surface area contributed by atoms with Crippen molar-refractivity contribution in [3.8, 4) is 22.7 Å². The van der Waals surface area contributed by atoms with Gasteiger partial charge in [-0.05, 0) is 51.2 Å². The molecule has 1 aliphatic rings. The molecule has 1 saturated heterocycles. The number of carbonyl (C=O) groups is 1. The Bertz CT molecular complexity index is 1030. The van der Waals surface area contributed by atoms with Crippen LogP contribution < -0.4 is 4.74 Å². The number of rotatable bonds is 4. The van der Waals surface area contributed by atoms with E-state index < -0.39 is 0 Å². The van der Waals surface area contributed by atoms with Crippen LogP contribution >= 0.6 is 0 Å². The highest BCUT2D eigenvalue weighted by molar-refractivity contribution is 6.00. The van der Waals surface area contributed by atoms with Crippen molar-refractivity contribution < 1.29 is 9.53 Å². The number of methoxy groups -OCH3 is 1. The highest BCUT2D eigenvalue weighted by atomic mass is 16.5. The summed E-state index contributed by atoms with van der Waals surface area (Å²) in [6, 6.07) is 15.9.